The van der Waals surface area contributed by atoms with Gasteiger partial charge < -0.3 is 20.5 Å². The van der Waals surface area contributed by atoms with E-state index >= 15 is 0 Å². The third-order valence-electron chi connectivity index (χ3n) is 0. The molecule has 0 atom stereocenters. The van der Waals surface area contributed by atoms with Gasteiger partial charge in [-0.2, -0.15) is 0 Å². The minimum absolute atomic E-state index is 0. The summed E-state index contributed by atoms with van der Waals surface area (Å²) in [6.07, 6.45) is -2.33. The molecule has 5 heteroatoms. The Kier molecular flexibility index (Phi) is 24.4. The molecule has 0 aliphatic carbocycles. The second-order valence-corrected chi connectivity index (χ2v) is 0.250. The predicted octanol–water partition coefficient (Wildman–Crippen LogP) is -3.27. The van der Waals surface area contributed by atoms with Crippen molar-refractivity contribution in [2.75, 3.05) is 0 Å². The van der Waals surface area contributed by atoms with Crippen LogP contribution in [0.1, 0.15) is 0 Å². The van der Waals surface area contributed by atoms with Gasteiger partial charge in [0, 0.05) is 0 Å². The molecule has 0 aliphatic heterocycles. The smallest absolute Gasteiger partial charge is 0.652 e. The number of carboxylic acid groups (broad SMARTS) is 2. The zero-order valence-electron chi connectivity index (χ0n) is 2.80. The van der Waals surface area contributed by atoms with E-state index in [9.17, 15) is 0 Å². The molecular weight excluding hydrogens is 165 g/mol. The van der Waals surface area contributed by atoms with Crippen LogP contribution in [0.2, 0.25) is 0 Å². The molecule has 6 heavy (non-hydrogen) atoms. The van der Waals surface area contributed by atoms with Crippen molar-refractivity contribution in [3.8, 4) is 0 Å². The van der Waals surface area contributed by atoms with Crippen molar-refractivity contribution in [1.29, 1.82) is 0 Å². The van der Waals surface area contributed by atoms with Crippen molar-refractivity contribution in [2.45, 2.75) is 0 Å². The first-order chi connectivity index (χ1) is 1.73. The Morgan fingerprint density at radius 1 is 1.33 bits per heavy atom. The van der Waals surface area contributed by atoms with Gasteiger partial charge in [-0.15, -0.1) is 0 Å². The first kappa shape index (κ1) is 16.2. The fraction of sp³-hybridized carbons (Fsp3) is 0. The van der Waals surface area contributed by atoms with Gasteiger partial charge in [-0.25, -0.2) is 0 Å². The zero-order chi connectivity index (χ0) is 3.58. The molecule has 0 saturated carbocycles. The summed E-state index contributed by atoms with van der Waals surface area (Å²) < 4.78 is 0. The molecule has 0 saturated heterocycles. The van der Waals surface area contributed by atoms with Gasteiger partial charge in [-0.05, 0) is 6.16 Å². The fourth-order valence-corrected chi connectivity index (χ4v) is 0. The normalized spacial score (nSPS) is 4.00. The van der Waals surface area contributed by atoms with Crippen molar-refractivity contribution in [2.24, 2.45) is 0 Å². The maximum Gasteiger partial charge on any atom is 3.00 e. The summed E-state index contributed by atoms with van der Waals surface area (Å²) in [6.45, 7) is 0. The summed E-state index contributed by atoms with van der Waals surface area (Å²) in [6, 6.07) is 0. The van der Waals surface area contributed by atoms with Crippen LogP contribution >= 0.6 is 0 Å². The molecule has 0 spiro atoms. The average Bonchev–Trinajstić information content (AvgIpc) is 0.811. The third kappa shape index (κ3) is 432. The van der Waals surface area contributed by atoms with Gasteiger partial charge in [0.1, 0.15) is 0 Å². The molecule has 0 aromatic carbocycles. The van der Waals surface area contributed by atoms with E-state index in [1.54, 1.807) is 0 Å². The van der Waals surface area contributed by atoms with Gasteiger partial charge in [-0.1, -0.05) is 0 Å². The van der Waals surface area contributed by atoms with Crippen LogP contribution in [0.5, 0.6) is 0 Å². The van der Waals surface area contributed by atoms with E-state index in [0.29, 0.717) is 0 Å². The van der Waals surface area contributed by atoms with Gasteiger partial charge in [0.25, 0.3) is 0 Å². The average molecular weight is 167 g/mol. The Morgan fingerprint density at radius 2 is 1.33 bits per heavy atom. The van der Waals surface area contributed by atoms with Crippen LogP contribution in [-0.4, -0.2) is 11.6 Å². The van der Waals surface area contributed by atoms with E-state index in [-0.39, 0.29) is 38.2 Å². The van der Waals surface area contributed by atoms with Crippen molar-refractivity contribution in [1.82, 2.24) is 0 Å². The van der Waals surface area contributed by atoms with E-state index in [1.807, 2.05) is 0 Å². The Morgan fingerprint density at radius 3 is 1.33 bits per heavy atom. The van der Waals surface area contributed by atoms with Gasteiger partial charge >= 0.3 is 32.7 Å². The minimum Gasteiger partial charge on any atom is -0.652 e. The van der Waals surface area contributed by atoms with Gasteiger partial charge in [0.15, 0.2) is 0 Å². The molecule has 0 unspecified atom stereocenters. The molecule has 0 amide bonds. The Balaban J connectivity index is -0.0000000450. The van der Waals surface area contributed by atoms with Crippen LogP contribution in [0.3, 0.4) is 0 Å². The van der Waals surface area contributed by atoms with Crippen molar-refractivity contribution >= 4 is 6.16 Å². The molecule has 0 bridgehead atoms. The maximum atomic E-state index is 8.33. The molecule has 0 aromatic heterocycles. The Hall–Kier alpha value is 0.334. The number of carbonyl (C=O) groups excluding carboxylic acids is 1. The molecule has 4 nitrogen and oxygen atoms in total. The van der Waals surface area contributed by atoms with E-state index in [0.717, 1.165) is 0 Å². The molecule has 0 aromatic rings. The van der Waals surface area contributed by atoms with Crippen LogP contribution in [0, 0.1) is 0 Å². The maximum absolute atomic E-state index is 8.33. The van der Waals surface area contributed by atoms with Crippen molar-refractivity contribution in [3.05, 3.63) is 0 Å². The molecule has 0 rings (SSSR count). The summed E-state index contributed by atoms with van der Waals surface area (Å²) in [7, 11) is 0. The SMILES string of the molecule is O.O=C([O-])[O-].[Y+3]. The van der Waals surface area contributed by atoms with Crippen LogP contribution in [0.4, 0.5) is 4.79 Å². The summed E-state index contributed by atoms with van der Waals surface area (Å²) in [5.41, 5.74) is 0. The van der Waals surface area contributed by atoms with Crippen LogP contribution < -0.4 is 10.2 Å². The van der Waals surface area contributed by atoms with Gasteiger partial charge in [0.05, 0.1) is 0 Å². The van der Waals surface area contributed by atoms with Crippen molar-refractivity contribution < 1.29 is 53.2 Å². The largest absolute Gasteiger partial charge is 3.00 e. The molecular formula is CH2O4Y+. The minimum atomic E-state index is -2.33. The van der Waals surface area contributed by atoms with E-state index in [1.165, 1.54) is 0 Å². The monoisotopic (exact) mass is 167 g/mol. The Labute approximate surface area is 59.4 Å². The molecule has 0 heterocycles. The second-order valence-electron chi connectivity index (χ2n) is 0.250. The first-order valence-electron chi connectivity index (χ1n) is 0.612. The quantitative estimate of drug-likeness (QED) is 0.378. The molecule has 32 valence electrons. The van der Waals surface area contributed by atoms with E-state index in [2.05, 4.69) is 0 Å². The predicted molar refractivity (Wildman–Crippen MR) is 9.01 cm³/mol. The van der Waals surface area contributed by atoms with Gasteiger partial charge in [-0.3, -0.25) is 0 Å². The summed E-state index contributed by atoms with van der Waals surface area (Å²) in [5, 5.41) is 16.7. The topological polar surface area (TPSA) is 94.7 Å². The zero-order valence-corrected chi connectivity index (χ0v) is 5.64. The summed E-state index contributed by atoms with van der Waals surface area (Å²) in [5.74, 6) is 0. The first-order valence-corrected chi connectivity index (χ1v) is 0.612. The van der Waals surface area contributed by atoms with Crippen LogP contribution in [0.25, 0.3) is 0 Å². The summed E-state index contributed by atoms with van der Waals surface area (Å²) >= 11 is 0. The molecule has 0 fully saturated rings. The van der Waals surface area contributed by atoms with Crippen molar-refractivity contribution in [3.63, 3.8) is 0 Å². The summed E-state index contributed by atoms with van der Waals surface area (Å²) in [4.78, 5) is 8.33. The molecule has 0 aliphatic rings. The second kappa shape index (κ2) is 9.01. The van der Waals surface area contributed by atoms with Crippen LogP contribution in [0.15, 0.2) is 0 Å². The van der Waals surface area contributed by atoms with Gasteiger partial charge in [0.2, 0.25) is 0 Å². The Bertz CT molecular complexity index is 30.5. The molecule has 0 radical (unpaired) electrons. The number of carbonyl (C=O) groups is 1. The van der Waals surface area contributed by atoms with E-state index in [4.69, 9.17) is 15.0 Å². The van der Waals surface area contributed by atoms with Crippen LogP contribution in [-0.2, 0) is 32.7 Å². The third-order valence-corrected chi connectivity index (χ3v) is 0. The fourth-order valence-electron chi connectivity index (χ4n) is 0. The standard InChI is InChI=1S/CH2O3.H2O.Y/c2-1(3)4;;/h(H2,2,3,4);1H2;/q;;+3/p-2. The number of hydrogen-bond acceptors (Lipinski definition) is 3. The molecule has 2 N–H and O–H groups in total. The number of hydrogen-bond donors (Lipinski definition) is 0. The van der Waals surface area contributed by atoms with E-state index < -0.39 is 6.16 Å². The number of rotatable bonds is 0.